The molecule has 1 atom stereocenters. The van der Waals surface area contributed by atoms with E-state index in [2.05, 4.69) is 31.7 Å². The number of nitriles is 1. The van der Waals surface area contributed by atoms with Crippen LogP contribution in [0.1, 0.15) is 21.8 Å². The number of anilines is 2. The van der Waals surface area contributed by atoms with Gasteiger partial charge in [0.1, 0.15) is 23.4 Å². The van der Waals surface area contributed by atoms with Crippen LogP contribution in [0.5, 0.6) is 5.75 Å². The molecule has 0 unspecified atom stereocenters. The van der Waals surface area contributed by atoms with Gasteiger partial charge in [-0.3, -0.25) is 9.59 Å². The van der Waals surface area contributed by atoms with Crippen molar-refractivity contribution >= 4 is 34.9 Å². The number of benzene rings is 2. The molecule has 0 radical (unpaired) electrons. The maximum atomic E-state index is 12.8. The molecule has 204 valence electrons. The van der Waals surface area contributed by atoms with Gasteiger partial charge in [-0.05, 0) is 54.1 Å². The molecule has 3 heterocycles. The molecule has 11 nitrogen and oxygen atoms in total. The summed E-state index contributed by atoms with van der Waals surface area (Å²) in [5, 5.41) is 26.9. The number of furan rings is 1. The Labute approximate surface area is 238 Å². The molecule has 0 aliphatic heterocycles. The van der Waals surface area contributed by atoms with Crippen LogP contribution in [0, 0.1) is 11.3 Å². The van der Waals surface area contributed by atoms with E-state index < -0.39 is 17.9 Å². The lowest BCUT2D eigenvalue weighted by atomic mass is 9.97. The Morgan fingerprint density at radius 3 is 2.68 bits per heavy atom. The van der Waals surface area contributed by atoms with Crippen molar-refractivity contribution in [3.63, 3.8) is 0 Å². The zero-order chi connectivity index (χ0) is 28.9. The Morgan fingerprint density at radius 2 is 2.00 bits per heavy atom. The number of amides is 2. The quantitative estimate of drug-likeness (QED) is 0.169. The zero-order valence-corrected chi connectivity index (χ0v) is 22.0. The van der Waals surface area contributed by atoms with Crippen molar-refractivity contribution in [2.45, 2.75) is 12.5 Å². The minimum Gasteiger partial charge on any atom is -0.507 e. The number of aromatic amines is 1. The summed E-state index contributed by atoms with van der Waals surface area (Å²) in [6.45, 7) is 0. The third kappa shape index (κ3) is 6.03. The topological polar surface area (TPSA) is 183 Å². The Bertz CT molecular complexity index is 1760. The second kappa shape index (κ2) is 11.6. The van der Waals surface area contributed by atoms with Crippen LogP contribution in [-0.4, -0.2) is 37.9 Å². The number of nitrogens with one attached hydrogen (secondary N) is 3. The second-order valence-corrected chi connectivity index (χ2v) is 9.38. The first-order chi connectivity index (χ1) is 19.8. The van der Waals surface area contributed by atoms with E-state index in [1.807, 2.05) is 0 Å². The lowest BCUT2D eigenvalue weighted by molar-refractivity contribution is -0.118. The number of hydrogen-bond donors (Lipinski definition) is 5. The molecule has 0 bridgehead atoms. The number of phenolic OH excluding ortho intramolecular Hbond substituents is 1. The Kier molecular flexibility index (Phi) is 7.67. The first kappa shape index (κ1) is 27.0. The average molecular weight is 568 g/mol. The summed E-state index contributed by atoms with van der Waals surface area (Å²) in [4.78, 5) is 36.4. The summed E-state index contributed by atoms with van der Waals surface area (Å²) in [5.74, 6) is -1.32. The lowest BCUT2D eigenvalue weighted by Gasteiger charge is -2.18. The number of phenols is 1. The van der Waals surface area contributed by atoms with Crippen LogP contribution in [0.2, 0.25) is 5.02 Å². The van der Waals surface area contributed by atoms with E-state index >= 15 is 0 Å². The average Bonchev–Trinajstić information content (AvgIpc) is 3.67. The highest BCUT2D eigenvalue weighted by Gasteiger charge is 2.21. The van der Waals surface area contributed by atoms with Crippen LogP contribution in [-0.2, 0) is 11.2 Å². The third-order valence-electron chi connectivity index (χ3n) is 6.18. The van der Waals surface area contributed by atoms with E-state index in [1.165, 1.54) is 24.7 Å². The number of pyridine rings is 1. The van der Waals surface area contributed by atoms with Gasteiger partial charge in [0.2, 0.25) is 5.91 Å². The van der Waals surface area contributed by atoms with Gasteiger partial charge in [-0.15, -0.1) is 0 Å². The standard InChI is InChI=1S/C29H22ClN7O4/c30-17-6-7-20(25(38)10-17)23-12-21(22(13-31)28(36-23)37-29(40)26-5-2-8-41-26)16-3-1-4-18(9-16)35-24(27(32)39)11-19-14-33-15-34-19/h1-10,12,14-15,24,35,38H,11H2,(H2,32,39)(H,33,34)(H,36,37,40)/t24-/m0/s1. The first-order valence-electron chi connectivity index (χ1n) is 12.2. The molecule has 0 spiro atoms. The van der Waals surface area contributed by atoms with Crippen molar-refractivity contribution in [2.75, 3.05) is 10.6 Å². The van der Waals surface area contributed by atoms with Crippen molar-refractivity contribution in [2.24, 2.45) is 5.73 Å². The normalized spacial score (nSPS) is 11.4. The SMILES string of the molecule is N#Cc1c(-c2cccc(N[C@@H](Cc3cnc[nH]3)C(N)=O)c2)cc(-c2ccc(Cl)cc2O)nc1NC(=O)c1ccco1. The molecule has 0 aliphatic carbocycles. The smallest absolute Gasteiger partial charge is 0.292 e. The summed E-state index contributed by atoms with van der Waals surface area (Å²) in [5.41, 5.74) is 8.59. The maximum absolute atomic E-state index is 12.8. The minimum atomic E-state index is -0.747. The molecule has 5 aromatic rings. The number of halogens is 1. The van der Waals surface area contributed by atoms with E-state index in [0.717, 1.165) is 5.69 Å². The van der Waals surface area contributed by atoms with Gasteiger partial charge >= 0.3 is 0 Å². The van der Waals surface area contributed by atoms with Gasteiger partial charge in [-0.1, -0.05) is 23.7 Å². The second-order valence-electron chi connectivity index (χ2n) is 8.94. The Hall–Kier alpha value is -5.60. The van der Waals surface area contributed by atoms with Crippen molar-refractivity contribution in [3.8, 4) is 34.2 Å². The number of carbonyl (C=O) groups is 2. The van der Waals surface area contributed by atoms with Gasteiger partial charge in [0.15, 0.2) is 11.6 Å². The molecule has 6 N–H and O–H groups in total. The molecule has 0 aliphatic rings. The first-order valence-corrected chi connectivity index (χ1v) is 12.6. The largest absolute Gasteiger partial charge is 0.507 e. The number of aromatic nitrogens is 3. The van der Waals surface area contributed by atoms with Crippen LogP contribution in [0.3, 0.4) is 0 Å². The van der Waals surface area contributed by atoms with E-state index in [-0.39, 0.29) is 35.0 Å². The summed E-state index contributed by atoms with van der Waals surface area (Å²) in [6.07, 6.45) is 4.75. The summed E-state index contributed by atoms with van der Waals surface area (Å²) in [6, 6.07) is 17.6. The number of nitrogens with zero attached hydrogens (tertiary/aromatic N) is 3. The molecule has 0 saturated heterocycles. The van der Waals surface area contributed by atoms with Crippen LogP contribution in [0.25, 0.3) is 22.4 Å². The van der Waals surface area contributed by atoms with Crippen molar-refractivity contribution in [1.29, 1.82) is 5.26 Å². The van der Waals surface area contributed by atoms with Gasteiger partial charge in [-0.25, -0.2) is 9.97 Å². The van der Waals surface area contributed by atoms with E-state index in [9.17, 15) is 20.0 Å². The van der Waals surface area contributed by atoms with Gasteiger partial charge in [0.25, 0.3) is 5.91 Å². The highest BCUT2D eigenvalue weighted by molar-refractivity contribution is 6.30. The molecule has 3 aromatic heterocycles. The lowest BCUT2D eigenvalue weighted by Crippen LogP contribution is -2.37. The number of carbonyl (C=O) groups excluding carboxylic acids is 2. The Morgan fingerprint density at radius 1 is 1.15 bits per heavy atom. The maximum Gasteiger partial charge on any atom is 0.292 e. The Balaban J connectivity index is 1.59. The van der Waals surface area contributed by atoms with E-state index in [0.29, 0.717) is 27.4 Å². The monoisotopic (exact) mass is 567 g/mol. The summed E-state index contributed by atoms with van der Waals surface area (Å²) >= 11 is 6.03. The fraction of sp³-hybridized carbons (Fsp3) is 0.0690. The van der Waals surface area contributed by atoms with E-state index in [1.54, 1.807) is 54.7 Å². The number of rotatable bonds is 9. The predicted molar refractivity (Wildman–Crippen MR) is 152 cm³/mol. The third-order valence-corrected chi connectivity index (χ3v) is 6.42. The molecule has 0 saturated carbocycles. The molecule has 5 rings (SSSR count). The molecular formula is C29H22ClN7O4. The molecular weight excluding hydrogens is 546 g/mol. The number of H-pyrrole nitrogens is 1. The van der Waals surface area contributed by atoms with Crippen molar-refractivity contribution in [3.05, 3.63) is 101 Å². The predicted octanol–water partition coefficient (Wildman–Crippen LogP) is 4.72. The summed E-state index contributed by atoms with van der Waals surface area (Å²) in [7, 11) is 0. The number of aromatic hydroxyl groups is 1. The molecule has 12 heteroatoms. The van der Waals surface area contributed by atoms with Crippen molar-refractivity contribution in [1.82, 2.24) is 15.0 Å². The van der Waals surface area contributed by atoms with Crippen LogP contribution < -0.4 is 16.4 Å². The zero-order valence-electron chi connectivity index (χ0n) is 21.3. The number of imidazole rings is 1. The minimum absolute atomic E-state index is 0.0259. The fourth-order valence-electron chi connectivity index (χ4n) is 4.23. The van der Waals surface area contributed by atoms with Crippen molar-refractivity contribution < 1.29 is 19.1 Å². The molecule has 41 heavy (non-hydrogen) atoms. The fourth-order valence-corrected chi connectivity index (χ4v) is 4.40. The highest BCUT2D eigenvalue weighted by Crippen LogP contribution is 2.37. The van der Waals surface area contributed by atoms with Crippen LogP contribution in [0.4, 0.5) is 11.5 Å². The summed E-state index contributed by atoms with van der Waals surface area (Å²) < 4.78 is 5.18. The number of primary amides is 1. The molecule has 2 amide bonds. The van der Waals surface area contributed by atoms with Gasteiger partial charge in [-0.2, -0.15) is 5.26 Å². The highest BCUT2D eigenvalue weighted by atomic mass is 35.5. The molecule has 0 fully saturated rings. The number of hydrogen-bond acceptors (Lipinski definition) is 8. The van der Waals surface area contributed by atoms with Gasteiger partial charge in [0, 0.05) is 40.1 Å². The van der Waals surface area contributed by atoms with Crippen LogP contribution in [0.15, 0.2) is 83.9 Å². The molecule has 2 aromatic carbocycles. The van der Waals surface area contributed by atoms with E-state index in [4.69, 9.17) is 21.8 Å². The van der Waals surface area contributed by atoms with Gasteiger partial charge in [0.05, 0.1) is 18.3 Å². The number of nitrogens with two attached hydrogens (primary N) is 1. The van der Waals surface area contributed by atoms with Gasteiger partial charge < -0.3 is 30.9 Å². The van der Waals surface area contributed by atoms with Crippen LogP contribution >= 0.6 is 11.6 Å².